The molecule has 2 rings (SSSR count). The minimum absolute atomic E-state index is 0.377. The van der Waals surface area contributed by atoms with Crippen LogP contribution >= 0.6 is 23.2 Å². The van der Waals surface area contributed by atoms with Gasteiger partial charge in [-0.25, -0.2) is 0 Å². The second-order valence-electron chi connectivity index (χ2n) is 3.04. The molecule has 74 valence electrons. The molecule has 0 aromatic heterocycles. The van der Waals surface area contributed by atoms with Crippen molar-refractivity contribution in [3.63, 3.8) is 0 Å². The van der Waals surface area contributed by atoms with Gasteiger partial charge in [-0.05, 0) is 23.7 Å². The molecule has 1 heterocycles. The molecular formula is C8H8BCl2NO2. The SMILES string of the molecule is NC1COB(c2cc(Cl)cc(Cl)c2)O1. The van der Waals surface area contributed by atoms with Crippen LogP contribution in [-0.2, 0) is 9.31 Å². The first-order valence-electron chi connectivity index (χ1n) is 4.14. The minimum Gasteiger partial charge on any atom is -0.403 e. The fourth-order valence-electron chi connectivity index (χ4n) is 1.31. The third-order valence-electron chi connectivity index (χ3n) is 1.87. The fourth-order valence-corrected chi connectivity index (χ4v) is 1.85. The van der Waals surface area contributed by atoms with Crippen LogP contribution in [0.3, 0.4) is 0 Å². The highest BCUT2D eigenvalue weighted by Crippen LogP contribution is 2.15. The normalized spacial score (nSPS) is 21.6. The van der Waals surface area contributed by atoms with Crippen LogP contribution in [0.2, 0.25) is 10.0 Å². The van der Waals surface area contributed by atoms with Crippen LogP contribution in [0.1, 0.15) is 0 Å². The maximum atomic E-state index is 5.84. The summed E-state index contributed by atoms with van der Waals surface area (Å²) in [6.45, 7) is 0.384. The van der Waals surface area contributed by atoms with E-state index in [0.717, 1.165) is 5.46 Å². The Bertz CT molecular complexity index is 330. The van der Waals surface area contributed by atoms with Crippen LogP contribution in [0.5, 0.6) is 0 Å². The van der Waals surface area contributed by atoms with E-state index in [0.29, 0.717) is 16.7 Å². The van der Waals surface area contributed by atoms with Crippen molar-refractivity contribution in [2.45, 2.75) is 6.23 Å². The van der Waals surface area contributed by atoms with Crippen LogP contribution in [0.25, 0.3) is 0 Å². The van der Waals surface area contributed by atoms with Crippen molar-refractivity contribution in [3.05, 3.63) is 28.2 Å². The average Bonchev–Trinajstić information content (AvgIpc) is 2.50. The number of rotatable bonds is 1. The van der Waals surface area contributed by atoms with E-state index < -0.39 is 7.12 Å². The van der Waals surface area contributed by atoms with Crippen molar-refractivity contribution in [1.82, 2.24) is 0 Å². The molecule has 1 aromatic carbocycles. The maximum absolute atomic E-state index is 5.84. The molecule has 0 radical (unpaired) electrons. The molecule has 6 heteroatoms. The van der Waals surface area contributed by atoms with Gasteiger partial charge in [-0.2, -0.15) is 0 Å². The van der Waals surface area contributed by atoms with Gasteiger partial charge in [0.25, 0.3) is 0 Å². The Labute approximate surface area is 92.2 Å². The topological polar surface area (TPSA) is 44.5 Å². The van der Waals surface area contributed by atoms with Gasteiger partial charge < -0.3 is 15.0 Å². The van der Waals surface area contributed by atoms with Gasteiger partial charge in [-0.15, -0.1) is 0 Å². The van der Waals surface area contributed by atoms with Crippen molar-refractivity contribution in [2.24, 2.45) is 5.73 Å². The molecule has 1 aliphatic heterocycles. The highest BCUT2D eigenvalue weighted by molar-refractivity contribution is 6.62. The summed E-state index contributed by atoms with van der Waals surface area (Å²) in [5.74, 6) is 0. The fraction of sp³-hybridized carbons (Fsp3) is 0.250. The van der Waals surface area contributed by atoms with E-state index in [9.17, 15) is 0 Å². The van der Waals surface area contributed by atoms with Gasteiger partial charge in [0.1, 0.15) is 6.23 Å². The molecule has 1 saturated heterocycles. The molecule has 3 nitrogen and oxygen atoms in total. The van der Waals surface area contributed by atoms with Crippen LogP contribution in [0, 0.1) is 0 Å². The summed E-state index contributed by atoms with van der Waals surface area (Å²) in [6.07, 6.45) is -0.377. The first-order valence-corrected chi connectivity index (χ1v) is 4.89. The Hall–Kier alpha value is -0.255. The second-order valence-corrected chi connectivity index (χ2v) is 3.92. The van der Waals surface area contributed by atoms with E-state index in [1.807, 2.05) is 0 Å². The number of halogens is 2. The summed E-state index contributed by atoms with van der Waals surface area (Å²) in [6, 6.07) is 5.15. The monoisotopic (exact) mass is 231 g/mol. The molecule has 14 heavy (non-hydrogen) atoms. The van der Waals surface area contributed by atoms with Crippen molar-refractivity contribution < 1.29 is 9.31 Å². The molecule has 0 amide bonds. The smallest absolute Gasteiger partial charge is 0.403 e. The molecule has 0 spiro atoms. The molecule has 0 saturated carbocycles. The zero-order valence-electron chi connectivity index (χ0n) is 7.24. The lowest BCUT2D eigenvalue weighted by atomic mass is 9.79. The highest BCUT2D eigenvalue weighted by Gasteiger charge is 2.31. The Kier molecular flexibility index (Phi) is 3.00. The standard InChI is InChI=1S/C8H8BCl2NO2/c10-6-1-5(2-7(11)3-6)9-13-4-8(12)14-9/h1-3,8H,4,12H2. The van der Waals surface area contributed by atoms with Crippen LogP contribution in [0.4, 0.5) is 0 Å². The van der Waals surface area contributed by atoms with E-state index in [-0.39, 0.29) is 6.23 Å². The average molecular weight is 232 g/mol. The summed E-state index contributed by atoms with van der Waals surface area (Å²) < 4.78 is 10.6. The molecule has 0 bridgehead atoms. The highest BCUT2D eigenvalue weighted by atomic mass is 35.5. The lowest BCUT2D eigenvalue weighted by Crippen LogP contribution is -2.34. The van der Waals surface area contributed by atoms with Gasteiger partial charge in [0.05, 0.1) is 6.61 Å². The van der Waals surface area contributed by atoms with Gasteiger partial charge in [0.2, 0.25) is 0 Å². The maximum Gasteiger partial charge on any atom is 0.495 e. The molecule has 1 aromatic rings. The third-order valence-corrected chi connectivity index (χ3v) is 2.30. The van der Waals surface area contributed by atoms with Crippen molar-refractivity contribution in [3.8, 4) is 0 Å². The number of hydrogen-bond donors (Lipinski definition) is 1. The quantitative estimate of drug-likeness (QED) is 0.735. The second kappa shape index (κ2) is 4.09. The summed E-state index contributed by atoms with van der Waals surface area (Å²) in [5, 5.41) is 1.11. The van der Waals surface area contributed by atoms with Crippen molar-refractivity contribution in [2.75, 3.05) is 6.61 Å². The van der Waals surface area contributed by atoms with Crippen LogP contribution < -0.4 is 11.2 Å². The molecule has 1 fully saturated rings. The summed E-state index contributed by atoms with van der Waals surface area (Å²) in [4.78, 5) is 0. The number of nitrogens with two attached hydrogens (primary N) is 1. The van der Waals surface area contributed by atoms with Gasteiger partial charge >= 0.3 is 7.12 Å². The van der Waals surface area contributed by atoms with Gasteiger partial charge in [0, 0.05) is 10.0 Å². The molecule has 1 aliphatic rings. The predicted octanol–water partition coefficient (Wildman–Crippen LogP) is 1.02. The van der Waals surface area contributed by atoms with Gasteiger partial charge in [0.15, 0.2) is 0 Å². The zero-order valence-corrected chi connectivity index (χ0v) is 8.76. The largest absolute Gasteiger partial charge is 0.495 e. The van der Waals surface area contributed by atoms with Gasteiger partial charge in [-0.1, -0.05) is 23.2 Å². The van der Waals surface area contributed by atoms with E-state index >= 15 is 0 Å². The lowest BCUT2D eigenvalue weighted by Gasteiger charge is -2.05. The number of hydrogen-bond acceptors (Lipinski definition) is 3. The Morgan fingerprint density at radius 2 is 1.93 bits per heavy atom. The molecule has 1 atom stereocenters. The Morgan fingerprint density at radius 1 is 1.29 bits per heavy atom. The summed E-state index contributed by atoms with van der Waals surface area (Å²) >= 11 is 11.7. The van der Waals surface area contributed by atoms with E-state index in [1.54, 1.807) is 18.2 Å². The van der Waals surface area contributed by atoms with Crippen molar-refractivity contribution >= 4 is 35.8 Å². The van der Waals surface area contributed by atoms with Gasteiger partial charge in [-0.3, -0.25) is 0 Å². The molecule has 0 aliphatic carbocycles. The van der Waals surface area contributed by atoms with Crippen LogP contribution in [0.15, 0.2) is 18.2 Å². The van der Waals surface area contributed by atoms with E-state index in [1.165, 1.54) is 0 Å². The zero-order chi connectivity index (χ0) is 10.1. The molecule has 2 N–H and O–H groups in total. The van der Waals surface area contributed by atoms with Crippen LogP contribution in [-0.4, -0.2) is 20.0 Å². The Balaban J connectivity index is 2.23. The minimum atomic E-state index is -0.457. The van der Waals surface area contributed by atoms with E-state index in [4.69, 9.17) is 38.2 Å². The first-order chi connectivity index (χ1) is 6.65. The first kappa shape index (κ1) is 10.3. The third kappa shape index (κ3) is 2.21. The Morgan fingerprint density at radius 3 is 2.43 bits per heavy atom. The lowest BCUT2D eigenvalue weighted by molar-refractivity contribution is 0.244. The number of benzene rings is 1. The summed E-state index contributed by atoms with van der Waals surface area (Å²) in [7, 11) is -0.457. The van der Waals surface area contributed by atoms with E-state index in [2.05, 4.69) is 0 Å². The molecule has 1 unspecified atom stereocenters. The molecular weight excluding hydrogens is 224 g/mol. The van der Waals surface area contributed by atoms with Crippen molar-refractivity contribution in [1.29, 1.82) is 0 Å². The summed E-state index contributed by atoms with van der Waals surface area (Å²) in [5.41, 5.74) is 6.31. The predicted molar refractivity (Wildman–Crippen MR) is 56.9 cm³/mol.